The van der Waals surface area contributed by atoms with Crippen LogP contribution in [0.15, 0.2) is 0 Å². The van der Waals surface area contributed by atoms with Gasteiger partial charge in [-0.2, -0.15) is 0 Å². The van der Waals surface area contributed by atoms with Crippen LogP contribution in [0.4, 0.5) is 0 Å². The second-order valence-electron chi connectivity index (χ2n) is 2.37. The Kier molecular flexibility index (Phi) is 9.24. The van der Waals surface area contributed by atoms with Gasteiger partial charge in [-0.15, -0.1) is 0 Å². The van der Waals surface area contributed by atoms with Crippen molar-refractivity contribution in [2.24, 2.45) is 0 Å². The Morgan fingerprint density at radius 3 is 2.20 bits per heavy atom. The van der Waals surface area contributed by atoms with E-state index < -0.39 is 12.1 Å². The van der Waals surface area contributed by atoms with E-state index in [9.17, 15) is 4.79 Å². The first-order chi connectivity index (χ1) is 7.24. The number of ether oxygens (including phenoxy) is 4. The molecule has 0 aliphatic heterocycles. The number of rotatable bonds is 9. The molecule has 0 aromatic rings. The van der Waals surface area contributed by atoms with Crippen LogP contribution in [-0.2, 0) is 23.7 Å². The van der Waals surface area contributed by atoms with Gasteiger partial charge in [-0.25, -0.2) is 4.79 Å². The standard InChI is InChI=1S/C8H12O5S2/c1-10-8(9)4-13-7(2-11-5-14)3-12-6-15/h5-7H,2-4H2,1H3. The summed E-state index contributed by atoms with van der Waals surface area (Å²) in [4.78, 5) is 10.8. The van der Waals surface area contributed by atoms with Crippen LogP contribution in [0.25, 0.3) is 0 Å². The van der Waals surface area contributed by atoms with Crippen LogP contribution in [0, 0.1) is 0 Å². The Morgan fingerprint density at radius 1 is 1.27 bits per heavy atom. The van der Waals surface area contributed by atoms with Crippen LogP contribution in [0.5, 0.6) is 0 Å². The van der Waals surface area contributed by atoms with Crippen molar-refractivity contribution in [1.82, 2.24) is 0 Å². The molecule has 7 heteroatoms. The second kappa shape index (κ2) is 9.75. The number of hydrogen-bond donors (Lipinski definition) is 0. The number of carbonyl (C=O) groups excluding carboxylic acids is 1. The van der Waals surface area contributed by atoms with Gasteiger partial charge >= 0.3 is 5.97 Å². The Labute approximate surface area is 98.6 Å². The first-order valence-electron chi connectivity index (χ1n) is 4.03. The van der Waals surface area contributed by atoms with Crippen LogP contribution in [0.1, 0.15) is 0 Å². The van der Waals surface area contributed by atoms with Crippen molar-refractivity contribution < 1.29 is 23.7 Å². The molecular weight excluding hydrogens is 240 g/mol. The third kappa shape index (κ3) is 8.22. The first-order valence-corrected chi connectivity index (χ1v) is 4.97. The lowest BCUT2D eigenvalue weighted by atomic mass is 10.4. The topological polar surface area (TPSA) is 54.0 Å². The van der Waals surface area contributed by atoms with Gasteiger partial charge in [-0.05, 0) is 24.4 Å². The van der Waals surface area contributed by atoms with Crippen LogP contribution >= 0.6 is 24.4 Å². The van der Waals surface area contributed by atoms with Crippen LogP contribution < -0.4 is 0 Å². The van der Waals surface area contributed by atoms with Gasteiger partial charge in [0.15, 0.2) is 0 Å². The molecule has 5 nitrogen and oxygen atoms in total. The van der Waals surface area contributed by atoms with Gasteiger partial charge in [0.05, 0.1) is 7.11 Å². The Hall–Kier alpha value is -0.790. The Morgan fingerprint density at radius 2 is 1.80 bits per heavy atom. The van der Waals surface area contributed by atoms with Crippen molar-refractivity contribution in [3.8, 4) is 0 Å². The van der Waals surface area contributed by atoms with Crippen LogP contribution in [0.3, 0.4) is 0 Å². The third-order valence-corrected chi connectivity index (χ3v) is 1.64. The van der Waals surface area contributed by atoms with E-state index in [4.69, 9.17) is 14.2 Å². The predicted molar refractivity (Wildman–Crippen MR) is 61.0 cm³/mol. The largest absolute Gasteiger partial charge is 0.487 e. The molecule has 0 saturated carbocycles. The van der Waals surface area contributed by atoms with Crippen LogP contribution in [-0.4, -0.2) is 50.1 Å². The molecule has 0 rings (SSSR count). The minimum Gasteiger partial charge on any atom is -0.487 e. The highest BCUT2D eigenvalue weighted by molar-refractivity contribution is 7.78. The number of thiocarbonyl (C=S) groups is 2. The van der Waals surface area contributed by atoms with E-state index in [1.54, 1.807) is 0 Å². The zero-order chi connectivity index (χ0) is 11.5. The summed E-state index contributed by atoms with van der Waals surface area (Å²) in [5, 5.41) is 0. The number of carbonyl (C=O) groups is 1. The molecule has 0 N–H and O–H groups in total. The molecule has 0 aliphatic rings. The lowest BCUT2D eigenvalue weighted by Crippen LogP contribution is -2.28. The molecule has 86 valence electrons. The second-order valence-corrected chi connectivity index (χ2v) is 2.75. The van der Waals surface area contributed by atoms with Crippen molar-refractivity contribution in [3.63, 3.8) is 0 Å². The molecule has 0 spiro atoms. The molecular formula is C8H12O5S2. The van der Waals surface area contributed by atoms with Gasteiger partial charge in [0.2, 0.25) is 0 Å². The molecule has 0 aromatic heterocycles. The van der Waals surface area contributed by atoms with Gasteiger partial charge in [-0.3, -0.25) is 0 Å². The SMILES string of the molecule is COC(=O)COC(COC=S)COC=S. The average Bonchev–Trinajstić information content (AvgIpc) is 2.27. The summed E-state index contributed by atoms with van der Waals surface area (Å²) in [5.74, 6) is -0.468. The van der Waals surface area contributed by atoms with E-state index in [0.29, 0.717) is 0 Å². The average molecular weight is 252 g/mol. The maximum Gasteiger partial charge on any atom is 0.331 e. The Bertz CT molecular complexity index is 197. The molecule has 0 fully saturated rings. The molecule has 0 bridgehead atoms. The molecule has 0 saturated heterocycles. The lowest BCUT2D eigenvalue weighted by Gasteiger charge is -2.15. The third-order valence-electron chi connectivity index (χ3n) is 1.36. The highest BCUT2D eigenvalue weighted by Crippen LogP contribution is 1.95. The van der Waals surface area contributed by atoms with E-state index in [1.165, 1.54) is 7.11 Å². The summed E-state index contributed by atoms with van der Waals surface area (Å²) in [6, 6.07) is 0. The molecule has 0 heterocycles. The smallest absolute Gasteiger partial charge is 0.331 e. The fourth-order valence-electron chi connectivity index (χ4n) is 0.682. The first kappa shape index (κ1) is 14.2. The van der Waals surface area contributed by atoms with Gasteiger partial charge in [0, 0.05) is 0 Å². The van der Waals surface area contributed by atoms with E-state index in [1.807, 2.05) is 0 Å². The van der Waals surface area contributed by atoms with Gasteiger partial charge in [0.25, 0.3) is 0 Å². The minimum absolute atomic E-state index is 0.164. The van der Waals surface area contributed by atoms with E-state index in [2.05, 4.69) is 29.2 Å². The van der Waals surface area contributed by atoms with Crippen molar-refractivity contribution in [2.45, 2.75) is 6.10 Å². The summed E-state index contributed by atoms with van der Waals surface area (Å²) in [6.45, 7) is 0.232. The number of esters is 1. The fourth-order valence-corrected chi connectivity index (χ4v) is 0.840. The molecule has 0 aliphatic carbocycles. The summed E-state index contributed by atoms with van der Waals surface area (Å²) in [5.41, 5.74) is 2.23. The van der Waals surface area contributed by atoms with E-state index in [0.717, 1.165) is 11.1 Å². The molecule has 0 amide bonds. The zero-order valence-corrected chi connectivity index (χ0v) is 9.84. The molecule has 0 aromatic carbocycles. The molecule has 0 atom stereocenters. The summed E-state index contributed by atoms with van der Waals surface area (Å²) < 4.78 is 19.2. The summed E-state index contributed by atoms with van der Waals surface area (Å²) in [6.07, 6.45) is -0.414. The summed E-state index contributed by atoms with van der Waals surface area (Å²) in [7, 11) is 1.28. The predicted octanol–water partition coefficient (Wildman–Crippen LogP) is 0.492. The normalized spacial score (nSPS) is 9.47. The van der Waals surface area contributed by atoms with Crippen molar-refractivity contribution in [1.29, 1.82) is 0 Å². The van der Waals surface area contributed by atoms with E-state index >= 15 is 0 Å². The minimum atomic E-state index is -0.468. The zero-order valence-electron chi connectivity index (χ0n) is 8.21. The number of hydrogen-bond acceptors (Lipinski definition) is 7. The highest BCUT2D eigenvalue weighted by Gasteiger charge is 2.12. The molecule has 0 unspecified atom stereocenters. The Balaban J connectivity index is 3.82. The lowest BCUT2D eigenvalue weighted by molar-refractivity contribution is -0.149. The highest BCUT2D eigenvalue weighted by atomic mass is 32.1. The van der Waals surface area contributed by atoms with Crippen molar-refractivity contribution in [3.05, 3.63) is 0 Å². The summed E-state index contributed by atoms with van der Waals surface area (Å²) >= 11 is 8.96. The maximum absolute atomic E-state index is 10.8. The van der Waals surface area contributed by atoms with Crippen molar-refractivity contribution >= 4 is 41.5 Å². The quantitative estimate of drug-likeness (QED) is 0.437. The van der Waals surface area contributed by atoms with Crippen molar-refractivity contribution in [2.75, 3.05) is 26.9 Å². The monoisotopic (exact) mass is 252 g/mol. The van der Waals surface area contributed by atoms with Gasteiger partial charge in [-0.1, -0.05) is 0 Å². The van der Waals surface area contributed by atoms with Crippen LogP contribution in [0.2, 0.25) is 0 Å². The van der Waals surface area contributed by atoms with Gasteiger partial charge < -0.3 is 18.9 Å². The maximum atomic E-state index is 10.8. The van der Waals surface area contributed by atoms with Gasteiger partial charge in [0.1, 0.15) is 37.0 Å². The molecule has 15 heavy (non-hydrogen) atoms. The fraction of sp³-hybridized carbons (Fsp3) is 0.625. The molecule has 0 radical (unpaired) electrons. The van der Waals surface area contributed by atoms with E-state index in [-0.39, 0.29) is 19.8 Å². The number of methoxy groups -OCH3 is 1.